The topological polar surface area (TPSA) is 77.7 Å². The molecule has 2 heterocycles. The first kappa shape index (κ1) is 23.1. The molecule has 8 heteroatoms. The number of amides is 1. The lowest BCUT2D eigenvalue weighted by Gasteiger charge is -2.26. The largest absolute Gasteiger partial charge is 0.492 e. The van der Waals surface area contributed by atoms with Crippen molar-refractivity contribution in [2.45, 2.75) is 33.0 Å². The highest BCUT2D eigenvalue weighted by molar-refractivity contribution is 5.78. The van der Waals surface area contributed by atoms with Gasteiger partial charge in [-0.15, -0.1) is 0 Å². The summed E-state index contributed by atoms with van der Waals surface area (Å²) < 4.78 is 14.7. The number of rotatable bonds is 10. The molecule has 8 nitrogen and oxygen atoms in total. The van der Waals surface area contributed by atoms with Crippen molar-refractivity contribution in [2.75, 3.05) is 39.5 Å². The number of hydrogen-bond donors (Lipinski definition) is 1. The molecule has 1 amide bonds. The molecule has 0 radical (unpaired) electrons. The van der Waals surface area contributed by atoms with Crippen molar-refractivity contribution in [1.82, 2.24) is 19.4 Å². The van der Waals surface area contributed by atoms with E-state index in [-0.39, 0.29) is 18.0 Å². The zero-order valence-corrected chi connectivity index (χ0v) is 19.2. The van der Waals surface area contributed by atoms with Gasteiger partial charge in [0.05, 0.1) is 24.2 Å². The van der Waals surface area contributed by atoms with Crippen LogP contribution < -0.4 is 15.7 Å². The van der Waals surface area contributed by atoms with E-state index in [1.54, 1.807) is 9.13 Å². The number of imidazole rings is 1. The second-order valence-electron chi connectivity index (χ2n) is 8.14. The van der Waals surface area contributed by atoms with Crippen LogP contribution in [0.5, 0.6) is 5.75 Å². The number of carbonyl (C=O) groups is 1. The molecule has 1 saturated heterocycles. The molecule has 0 bridgehead atoms. The van der Waals surface area contributed by atoms with E-state index in [4.69, 9.17) is 9.47 Å². The van der Waals surface area contributed by atoms with E-state index in [2.05, 4.69) is 10.2 Å². The maximum atomic E-state index is 12.7. The standard InChI is InChI=1S/C25H32N4O4/c1-2-28-22-8-3-4-9-23(22)29(25(28)31)11-10-24(30)26-19-20-6-5-7-21(18-20)33-17-14-27-12-15-32-16-13-27/h3-9,18H,2,10-17,19H2,1H3,(H,26,30). The summed E-state index contributed by atoms with van der Waals surface area (Å²) in [6.45, 7) is 8.27. The Balaban J connectivity index is 1.26. The number of nitrogens with one attached hydrogen (secondary N) is 1. The lowest BCUT2D eigenvalue weighted by molar-refractivity contribution is -0.121. The number of benzene rings is 2. The monoisotopic (exact) mass is 452 g/mol. The van der Waals surface area contributed by atoms with Gasteiger partial charge < -0.3 is 14.8 Å². The molecule has 4 rings (SSSR count). The first-order chi connectivity index (χ1) is 16.2. The van der Waals surface area contributed by atoms with Gasteiger partial charge in [0, 0.05) is 45.7 Å². The predicted molar refractivity (Wildman–Crippen MR) is 128 cm³/mol. The number of aromatic nitrogens is 2. The summed E-state index contributed by atoms with van der Waals surface area (Å²) in [7, 11) is 0. The van der Waals surface area contributed by atoms with Crippen molar-refractivity contribution in [3.05, 3.63) is 64.6 Å². The third-order valence-corrected chi connectivity index (χ3v) is 5.97. The zero-order valence-electron chi connectivity index (χ0n) is 19.2. The Morgan fingerprint density at radius 3 is 2.55 bits per heavy atom. The molecule has 2 aromatic carbocycles. The summed E-state index contributed by atoms with van der Waals surface area (Å²) in [5.74, 6) is 0.711. The van der Waals surface area contributed by atoms with Crippen molar-refractivity contribution in [3.63, 3.8) is 0 Å². The van der Waals surface area contributed by atoms with Gasteiger partial charge in [0.25, 0.3) is 0 Å². The summed E-state index contributed by atoms with van der Waals surface area (Å²) in [6, 6.07) is 15.5. The normalized spacial score (nSPS) is 14.5. The molecule has 1 aliphatic heterocycles. The van der Waals surface area contributed by atoms with Crippen LogP contribution >= 0.6 is 0 Å². The van der Waals surface area contributed by atoms with Crippen molar-refractivity contribution in [1.29, 1.82) is 0 Å². The van der Waals surface area contributed by atoms with Crippen LogP contribution in [0.15, 0.2) is 53.3 Å². The van der Waals surface area contributed by atoms with Crippen molar-refractivity contribution in [2.24, 2.45) is 0 Å². The van der Waals surface area contributed by atoms with Crippen molar-refractivity contribution < 1.29 is 14.3 Å². The molecular weight excluding hydrogens is 420 g/mol. The highest BCUT2D eigenvalue weighted by Crippen LogP contribution is 2.15. The lowest BCUT2D eigenvalue weighted by Crippen LogP contribution is -2.38. The maximum absolute atomic E-state index is 12.7. The highest BCUT2D eigenvalue weighted by Gasteiger charge is 2.13. The van der Waals surface area contributed by atoms with E-state index >= 15 is 0 Å². The van der Waals surface area contributed by atoms with Gasteiger partial charge in [-0.3, -0.25) is 18.8 Å². The van der Waals surface area contributed by atoms with E-state index in [1.165, 1.54) is 0 Å². The number of fused-ring (bicyclic) bond motifs is 1. The minimum Gasteiger partial charge on any atom is -0.492 e. The fraction of sp³-hybridized carbons (Fsp3) is 0.440. The number of aryl methyl sites for hydroxylation is 2. The van der Waals surface area contributed by atoms with Crippen LogP contribution in [0.25, 0.3) is 11.0 Å². The van der Waals surface area contributed by atoms with Crippen LogP contribution in [-0.4, -0.2) is 59.4 Å². The second-order valence-corrected chi connectivity index (χ2v) is 8.14. The van der Waals surface area contributed by atoms with Crippen molar-refractivity contribution in [3.8, 4) is 5.75 Å². The molecule has 0 unspecified atom stereocenters. The van der Waals surface area contributed by atoms with E-state index < -0.39 is 0 Å². The fourth-order valence-electron chi connectivity index (χ4n) is 4.16. The second kappa shape index (κ2) is 11.2. The summed E-state index contributed by atoms with van der Waals surface area (Å²) in [6.07, 6.45) is 0.243. The van der Waals surface area contributed by atoms with Crippen LogP contribution in [0, 0.1) is 0 Å². The average molecular weight is 453 g/mol. The fourth-order valence-corrected chi connectivity index (χ4v) is 4.16. The van der Waals surface area contributed by atoms with Gasteiger partial charge in [-0.25, -0.2) is 4.79 Å². The molecule has 1 fully saturated rings. The number of para-hydroxylation sites is 2. The number of carbonyl (C=O) groups excluding carboxylic acids is 1. The Morgan fingerprint density at radius 2 is 1.79 bits per heavy atom. The summed E-state index contributed by atoms with van der Waals surface area (Å²) >= 11 is 0. The quantitative estimate of drug-likeness (QED) is 0.511. The number of hydrogen-bond acceptors (Lipinski definition) is 5. The molecule has 1 aliphatic rings. The molecular formula is C25H32N4O4. The third-order valence-electron chi connectivity index (χ3n) is 5.97. The number of nitrogens with zero attached hydrogens (tertiary/aromatic N) is 3. The minimum atomic E-state index is -0.0890. The van der Waals surface area contributed by atoms with E-state index in [0.717, 1.165) is 55.2 Å². The molecule has 33 heavy (non-hydrogen) atoms. The Hall–Kier alpha value is -3.10. The number of ether oxygens (including phenoxy) is 2. The smallest absolute Gasteiger partial charge is 0.329 e. The molecule has 1 aromatic heterocycles. The molecule has 0 spiro atoms. The van der Waals surface area contributed by atoms with Gasteiger partial charge in [0.15, 0.2) is 0 Å². The zero-order chi connectivity index (χ0) is 23.0. The number of morpholine rings is 1. The molecule has 1 N–H and O–H groups in total. The van der Waals surface area contributed by atoms with E-state index in [0.29, 0.717) is 26.2 Å². The Labute approximate surface area is 193 Å². The van der Waals surface area contributed by atoms with Crippen LogP contribution in [-0.2, 0) is 29.2 Å². The van der Waals surface area contributed by atoms with Crippen LogP contribution in [0.3, 0.4) is 0 Å². The molecule has 0 saturated carbocycles. The van der Waals surface area contributed by atoms with Gasteiger partial charge in [-0.1, -0.05) is 24.3 Å². The van der Waals surface area contributed by atoms with Crippen LogP contribution in [0.1, 0.15) is 18.9 Å². The van der Waals surface area contributed by atoms with Crippen molar-refractivity contribution >= 4 is 16.9 Å². The van der Waals surface area contributed by atoms with Crippen LogP contribution in [0.4, 0.5) is 0 Å². The molecule has 0 atom stereocenters. The first-order valence-electron chi connectivity index (χ1n) is 11.6. The SMILES string of the molecule is CCn1c(=O)n(CCC(=O)NCc2cccc(OCCN3CCOCC3)c2)c2ccccc21. The Bertz CT molecular complexity index is 1130. The Kier molecular flexibility index (Phi) is 7.80. The van der Waals surface area contributed by atoms with Gasteiger partial charge in [0.2, 0.25) is 5.91 Å². The highest BCUT2D eigenvalue weighted by atomic mass is 16.5. The van der Waals surface area contributed by atoms with E-state index in [9.17, 15) is 9.59 Å². The summed E-state index contributed by atoms with van der Waals surface area (Å²) in [4.78, 5) is 27.5. The third kappa shape index (κ3) is 5.83. The van der Waals surface area contributed by atoms with Gasteiger partial charge >= 0.3 is 5.69 Å². The van der Waals surface area contributed by atoms with Gasteiger partial charge in [0.1, 0.15) is 12.4 Å². The average Bonchev–Trinajstić information content (AvgIpc) is 3.12. The van der Waals surface area contributed by atoms with Gasteiger partial charge in [-0.2, -0.15) is 0 Å². The molecule has 3 aromatic rings. The lowest BCUT2D eigenvalue weighted by atomic mass is 10.2. The maximum Gasteiger partial charge on any atom is 0.329 e. The minimum absolute atomic E-state index is 0.0755. The molecule has 176 valence electrons. The van der Waals surface area contributed by atoms with Gasteiger partial charge in [-0.05, 0) is 36.8 Å². The summed E-state index contributed by atoms with van der Waals surface area (Å²) in [5.41, 5.74) is 2.66. The predicted octanol–water partition coefficient (Wildman–Crippen LogP) is 2.24. The van der Waals surface area contributed by atoms with Crippen LogP contribution in [0.2, 0.25) is 0 Å². The first-order valence-corrected chi connectivity index (χ1v) is 11.6. The molecule has 0 aliphatic carbocycles. The Morgan fingerprint density at radius 1 is 1.03 bits per heavy atom. The summed E-state index contributed by atoms with van der Waals surface area (Å²) in [5, 5.41) is 2.95. The van der Waals surface area contributed by atoms with E-state index in [1.807, 2.05) is 55.5 Å².